The predicted molar refractivity (Wildman–Crippen MR) is 110 cm³/mol. The SMILES string of the molecule is COc1ccccc1C(=O)Oc1ccc2c(c1)O/C(=C\c1ccc([N+](=O)[O-])cc1)C2=O. The Morgan fingerprint density at radius 2 is 1.81 bits per heavy atom. The van der Waals surface area contributed by atoms with Gasteiger partial charge in [-0.1, -0.05) is 12.1 Å². The first-order chi connectivity index (χ1) is 15.0. The number of ether oxygens (including phenoxy) is 3. The number of nitro benzene ring substituents is 1. The van der Waals surface area contributed by atoms with Gasteiger partial charge in [0.05, 0.1) is 17.6 Å². The summed E-state index contributed by atoms with van der Waals surface area (Å²) in [5, 5.41) is 10.8. The molecule has 1 aliphatic rings. The van der Waals surface area contributed by atoms with Crippen LogP contribution in [0.1, 0.15) is 26.3 Å². The maximum atomic E-state index is 12.6. The number of para-hydroxylation sites is 1. The largest absolute Gasteiger partial charge is 0.496 e. The Morgan fingerprint density at radius 3 is 2.52 bits per heavy atom. The lowest BCUT2D eigenvalue weighted by Gasteiger charge is -2.08. The van der Waals surface area contributed by atoms with Gasteiger partial charge in [-0.2, -0.15) is 0 Å². The topological polar surface area (TPSA) is 105 Å². The van der Waals surface area contributed by atoms with Crippen molar-refractivity contribution in [1.82, 2.24) is 0 Å². The van der Waals surface area contributed by atoms with Gasteiger partial charge in [-0.05, 0) is 48.0 Å². The highest BCUT2D eigenvalue weighted by atomic mass is 16.6. The molecule has 0 spiro atoms. The Labute approximate surface area is 176 Å². The number of allylic oxidation sites excluding steroid dienone is 1. The van der Waals surface area contributed by atoms with Crippen LogP contribution in [0, 0.1) is 10.1 Å². The number of carbonyl (C=O) groups excluding carboxylic acids is 2. The fourth-order valence-electron chi connectivity index (χ4n) is 3.05. The molecule has 8 nitrogen and oxygen atoms in total. The van der Waals surface area contributed by atoms with Crippen LogP contribution >= 0.6 is 0 Å². The molecule has 0 saturated carbocycles. The van der Waals surface area contributed by atoms with Gasteiger partial charge < -0.3 is 14.2 Å². The number of hydrogen-bond donors (Lipinski definition) is 0. The van der Waals surface area contributed by atoms with Gasteiger partial charge in [-0.25, -0.2) is 4.79 Å². The molecule has 0 N–H and O–H groups in total. The fraction of sp³-hybridized carbons (Fsp3) is 0.0435. The lowest BCUT2D eigenvalue weighted by atomic mass is 10.1. The van der Waals surface area contributed by atoms with Gasteiger partial charge in [-0.3, -0.25) is 14.9 Å². The smallest absolute Gasteiger partial charge is 0.347 e. The monoisotopic (exact) mass is 417 g/mol. The minimum Gasteiger partial charge on any atom is -0.496 e. The standard InChI is InChI=1S/C23H15NO7/c1-29-19-5-3-2-4-18(19)23(26)30-16-10-11-17-20(13-16)31-21(22(17)25)12-14-6-8-15(9-7-14)24(27)28/h2-13H,1H3/b21-12-. The number of esters is 1. The van der Waals surface area contributed by atoms with E-state index in [2.05, 4.69) is 0 Å². The zero-order valence-corrected chi connectivity index (χ0v) is 16.2. The zero-order valence-electron chi connectivity index (χ0n) is 16.2. The van der Waals surface area contributed by atoms with Crippen molar-refractivity contribution in [1.29, 1.82) is 0 Å². The normalized spacial score (nSPS) is 13.5. The van der Waals surface area contributed by atoms with E-state index in [1.807, 2.05) is 0 Å². The van der Waals surface area contributed by atoms with Crippen molar-refractivity contribution in [3.63, 3.8) is 0 Å². The Morgan fingerprint density at radius 1 is 1.06 bits per heavy atom. The molecule has 0 radical (unpaired) electrons. The molecule has 0 saturated heterocycles. The summed E-state index contributed by atoms with van der Waals surface area (Å²) in [6.07, 6.45) is 1.49. The minimum atomic E-state index is -0.608. The Kier molecular flexibility index (Phi) is 5.19. The molecule has 154 valence electrons. The Bertz CT molecular complexity index is 1230. The first-order valence-electron chi connectivity index (χ1n) is 9.14. The second-order valence-corrected chi connectivity index (χ2v) is 6.54. The van der Waals surface area contributed by atoms with Crippen LogP contribution < -0.4 is 14.2 Å². The summed E-state index contributed by atoms with van der Waals surface area (Å²) in [5.74, 6) is -0.0349. The molecule has 4 rings (SSSR count). The van der Waals surface area contributed by atoms with Crippen molar-refractivity contribution in [3.05, 3.63) is 99.3 Å². The van der Waals surface area contributed by atoms with E-state index in [-0.39, 0.29) is 34.3 Å². The van der Waals surface area contributed by atoms with E-state index in [1.54, 1.807) is 24.3 Å². The van der Waals surface area contributed by atoms with Crippen molar-refractivity contribution < 1.29 is 28.7 Å². The molecule has 1 aliphatic heterocycles. The molecule has 0 atom stereocenters. The van der Waals surface area contributed by atoms with Gasteiger partial charge in [0.25, 0.3) is 5.69 Å². The number of benzene rings is 3. The third-order valence-corrected chi connectivity index (χ3v) is 4.58. The molecule has 0 aromatic heterocycles. The van der Waals surface area contributed by atoms with E-state index >= 15 is 0 Å². The van der Waals surface area contributed by atoms with Crippen LogP contribution in [0.2, 0.25) is 0 Å². The first kappa shape index (κ1) is 19.8. The number of methoxy groups -OCH3 is 1. The highest BCUT2D eigenvalue weighted by Gasteiger charge is 2.28. The maximum absolute atomic E-state index is 12.6. The lowest BCUT2D eigenvalue weighted by Crippen LogP contribution is -2.10. The van der Waals surface area contributed by atoms with Crippen molar-refractivity contribution in [3.8, 4) is 17.2 Å². The number of hydrogen-bond acceptors (Lipinski definition) is 7. The molecular formula is C23H15NO7. The number of Topliss-reactive ketones (excluding diaryl/α,β-unsaturated/α-hetero) is 1. The summed E-state index contributed by atoms with van der Waals surface area (Å²) in [4.78, 5) is 35.3. The van der Waals surface area contributed by atoms with Crippen molar-refractivity contribution in [2.45, 2.75) is 0 Å². The molecule has 31 heavy (non-hydrogen) atoms. The molecule has 0 amide bonds. The third-order valence-electron chi connectivity index (χ3n) is 4.58. The Balaban J connectivity index is 1.54. The van der Waals surface area contributed by atoms with Crippen LogP contribution in [0.4, 0.5) is 5.69 Å². The molecule has 3 aromatic carbocycles. The number of nitrogens with zero attached hydrogens (tertiary/aromatic N) is 1. The molecule has 8 heteroatoms. The van der Waals surface area contributed by atoms with E-state index in [0.717, 1.165) is 0 Å². The van der Waals surface area contributed by atoms with E-state index < -0.39 is 10.9 Å². The number of nitro groups is 1. The summed E-state index contributed by atoms with van der Waals surface area (Å²) in [7, 11) is 1.46. The van der Waals surface area contributed by atoms with E-state index in [0.29, 0.717) is 16.9 Å². The summed E-state index contributed by atoms with van der Waals surface area (Å²) in [5.41, 5.74) is 1.11. The van der Waals surface area contributed by atoms with Crippen LogP contribution in [0.25, 0.3) is 6.08 Å². The number of fused-ring (bicyclic) bond motifs is 1. The van der Waals surface area contributed by atoms with Crippen LogP contribution in [0.3, 0.4) is 0 Å². The number of rotatable bonds is 5. The van der Waals surface area contributed by atoms with Gasteiger partial charge in [0.1, 0.15) is 22.8 Å². The van der Waals surface area contributed by atoms with Gasteiger partial charge in [-0.15, -0.1) is 0 Å². The molecule has 1 heterocycles. The molecule has 0 unspecified atom stereocenters. The summed E-state index contributed by atoms with van der Waals surface area (Å²) >= 11 is 0. The molecule has 0 bridgehead atoms. The zero-order chi connectivity index (χ0) is 22.0. The minimum absolute atomic E-state index is 0.0504. The van der Waals surface area contributed by atoms with Crippen molar-refractivity contribution in [2.24, 2.45) is 0 Å². The Hall–Kier alpha value is -4.46. The maximum Gasteiger partial charge on any atom is 0.347 e. The molecule has 0 aliphatic carbocycles. The molecule has 3 aromatic rings. The van der Waals surface area contributed by atoms with Crippen molar-refractivity contribution in [2.75, 3.05) is 7.11 Å². The predicted octanol–water partition coefficient (Wildman–Crippen LogP) is 4.44. The average Bonchev–Trinajstić information content (AvgIpc) is 3.08. The quantitative estimate of drug-likeness (QED) is 0.199. The lowest BCUT2D eigenvalue weighted by molar-refractivity contribution is -0.384. The van der Waals surface area contributed by atoms with E-state index in [1.165, 1.54) is 55.7 Å². The second-order valence-electron chi connectivity index (χ2n) is 6.54. The van der Waals surface area contributed by atoms with Crippen LogP contribution in [0.15, 0.2) is 72.5 Å². The van der Waals surface area contributed by atoms with Crippen molar-refractivity contribution >= 4 is 23.5 Å². The highest BCUT2D eigenvalue weighted by molar-refractivity contribution is 6.14. The summed E-state index contributed by atoms with van der Waals surface area (Å²) in [6, 6.07) is 16.9. The van der Waals surface area contributed by atoms with Gasteiger partial charge >= 0.3 is 5.97 Å². The fourth-order valence-corrected chi connectivity index (χ4v) is 3.05. The van der Waals surface area contributed by atoms with E-state index in [9.17, 15) is 19.7 Å². The van der Waals surface area contributed by atoms with Gasteiger partial charge in [0.15, 0.2) is 5.76 Å². The van der Waals surface area contributed by atoms with Crippen LogP contribution in [-0.4, -0.2) is 23.8 Å². The highest BCUT2D eigenvalue weighted by Crippen LogP contribution is 2.35. The number of non-ortho nitro benzene ring substituents is 1. The number of carbonyl (C=O) groups is 2. The van der Waals surface area contributed by atoms with Crippen LogP contribution in [0.5, 0.6) is 17.2 Å². The number of ketones is 1. The third kappa shape index (κ3) is 3.99. The molecular weight excluding hydrogens is 402 g/mol. The molecule has 0 fully saturated rings. The average molecular weight is 417 g/mol. The summed E-state index contributed by atoms with van der Waals surface area (Å²) < 4.78 is 16.2. The summed E-state index contributed by atoms with van der Waals surface area (Å²) in [6.45, 7) is 0. The van der Waals surface area contributed by atoms with Gasteiger partial charge in [0.2, 0.25) is 5.78 Å². The van der Waals surface area contributed by atoms with E-state index in [4.69, 9.17) is 14.2 Å². The second kappa shape index (κ2) is 8.11. The van der Waals surface area contributed by atoms with Crippen LogP contribution in [-0.2, 0) is 0 Å². The first-order valence-corrected chi connectivity index (χ1v) is 9.14. The van der Waals surface area contributed by atoms with Gasteiger partial charge in [0, 0.05) is 18.2 Å².